The summed E-state index contributed by atoms with van der Waals surface area (Å²) >= 11 is 0. The number of nitrogens with one attached hydrogen (secondary N) is 1. The van der Waals surface area contributed by atoms with E-state index in [4.69, 9.17) is 23.9 Å². The summed E-state index contributed by atoms with van der Waals surface area (Å²) < 4.78 is 23.0. The van der Waals surface area contributed by atoms with Crippen molar-refractivity contribution >= 4 is 28.7 Å². The average molecular weight is 656 g/mol. The number of pyridine rings is 1. The Kier molecular flexibility index (Phi) is 10.8. The van der Waals surface area contributed by atoms with Crippen LogP contribution in [-0.2, 0) is 23.9 Å². The lowest BCUT2D eigenvalue weighted by Crippen LogP contribution is -2.54. The normalized spacial score (nSPS) is 22.8. The van der Waals surface area contributed by atoms with E-state index in [1.807, 2.05) is 61.5 Å². The van der Waals surface area contributed by atoms with Crippen LogP contribution in [0.15, 0.2) is 79.9 Å². The molecule has 0 radical (unpaired) electrons. The van der Waals surface area contributed by atoms with E-state index in [1.54, 1.807) is 31.1 Å². The van der Waals surface area contributed by atoms with Crippen LogP contribution in [0.5, 0.6) is 11.5 Å². The number of benzene rings is 2. The third-order valence-electron chi connectivity index (χ3n) is 9.48. The van der Waals surface area contributed by atoms with Gasteiger partial charge < -0.3 is 29.2 Å². The van der Waals surface area contributed by atoms with E-state index in [0.29, 0.717) is 48.6 Å². The molecule has 0 bridgehead atoms. The van der Waals surface area contributed by atoms with Gasteiger partial charge in [0.1, 0.15) is 29.2 Å². The third-order valence-corrected chi connectivity index (χ3v) is 9.48. The number of aromatic nitrogens is 1. The van der Waals surface area contributed by atoms with Crippen molar-refractivity contribution in [2.45, 2.75) is 63.3 Å². The number of rotatable bonds is 15. The molecule has 0 spiro atoms. The van der Waals surface area contributed by atoms with E-state index in [-0.39, 0.29) is 24.8 Å². The number of carbonyl (C=O) groups excluding carboxylic acids is 3. The number of fused-ring (bicyclic) bond motifs is 1. The Balaban J connectivity index is 1.46. The van der Waals surface area contributed by atoms with E-state index in [9.17, 15) is 14.4 Å². The van der Waals surface area contributed by atoms with Crippen LogP contribution in [0.1, 0.15) is 39.5 Å². The number of allylic oxidation sites excluding steroid dienone is 1. The van der Waals surface area contributed by atoms with Crippen LogP contribution in [0.25, 0.3) is 22.2 Å². The fourth-order valence-electron chi connectivity index (χ4n) is 6.48. The molecule has 1 unspecified atom stereocenters. The Morgan fingerprint density at radius 3 is 2.54 bits per heavy atom. The van der Waals surface area contributed by atoms with Crippen LogP contribution in [0.4, 0.5) is 0 Å². The fraction of sp³-hybridized carbons (Fsp3) is 0.421. The number of hydrogen-bond acceptors (Lipinski definition) is 8. The molecule has 254 valence electrons. The molecule has 10 heteroatoms. The highest BCUT2D eigenvalue weighted by atomic mass is 16.5. The lowest BCUT2D eigenvalue weighted by molar-refractivity contribution is -0.149. The Morgan fingerprint density at radius 2 is 1.85 bits per heavy atom. The maximum atomic E-state index is 14.1. The van der Waals surface area contributed by atoms with Gasteiger partial charge in [-0.05, 0) is 44.2 Å². The van der Waals surface area contributed by atoms with Crippen LogP contribution >= 0.6 is 0 Å². The summed E-state index contributed by atoms with van der Waals surface area (Å²) in [6.45, 7) is 11.6. The summed E-state index contributed by atoms with van der Waals surface area (Å²) in [6, 6.07) is 16.4. The van der Waals surface area contributed by atoms with Gasteiger partial charge in [-0.1, -0.05) is 49.4 Å². The van der Waals surface area contributed by atoms with Gasteiger partial charge in [-0.3, -0.25) is 9.59 Å². The Labute approximate surface area is 282 Å². The molecule has 2 heterocycles. The topological polar surface area (TPSA) is 116 Å². The van der Waals surface area contributed by atoms with Crippen molar-refractivity contribution < 1.29 is 33.3 Å². The van der Waals surface area contributed by atoms with Crippen molar-refractivity contribution in [2.75, 3.05) is 27.4 Å². The Morgan fingerprint density at radius 1 is 1.08 bits per heavy atom. The zero-order valence-electron chi connectivity index (χ0n) is 28.1. The Hall–Kier alpha value is -4.70. The van der Waals surface area contributed by atoms with Gasteiger partial charge in [0.05, 0.1) is 50.6 Å². The van der Waals surface area contributed by atoms with Gasteiger partial charge in [0.15, 0.2) is 0 Å². The van der Waals surface area contributed by atoms with Crippen LogP contribution < -0.4 is 14.8 Å². The van der Waals surface area contributed by atoms with Gasteiger partial charge in [-0.2, -0.15) is 0 Å². The van der Waals surface area contributed by atoms with Crippen molar-refractivity contribution in [3.8, 4) is 22.8 Å². The average Bonchev–Trinajstić information content (AvgIpc) is 3.65. The predicted molar refractivity (Wildman–Crippen MR) is 183 cm³/mol. The highest BCUT2D eigenvalue weighted by Crippen LogP contribution is 2.48. The second-order valence-corrected chi connectivity index (χ2v) is 12.6. The van der Waals surface area contributed by atoms with Crippen LogP contribution in [0.2, 0.25) is 0 Å². The van der Waals surface area contributed by atoms with Crippen molar-refractivity contribution in [3.05, 3.63) is 79.9 Å². The smallest absolute Gasteiger partial charge is 0.331 e. The van der Waals surface area contributed by atoms with E-state index in [0.717, 1.165) is 10.9 Å². The minimum Gasteiger partial charge on any atom is -0.497 e. The fourth-order valence-corrected chi connectivity index (χ4v) is 6.48. The molecule has 2 aliphatic rings. The summed E-state index contributed by atoms with van der Waals surface area (Å²) in [7, 11) is 2.92. The van der Waals surface area contributed by atoms with E-state index in [2.05, 4.69) is 18.5 Å². The quantitative estimate of drug-likeness (QED) is 0.169. The zero-order valence-corrected chi connectivity index (χ0v) is 28.1. The van der Waals surface area contributed by atoms with Gasteiger partial charge >= 0.3 is 5.97 Å². The first-order chi connectivity index (χ1) is 23.1. The molecule has 6 atom stereocenters. The third kappa shape index (κ3) is 7.23. The highest BCUT2D eigenvalue weighted by molar-refractivity contribution is 5.95. The predicted octanol–water partition coefficient (Wildman–Crippen LogP) is 5.50. The number of likely N-dealkylation sites (tertiary alicyclic amines) is 1. The number of carbonyl (C=O) groups is 3. The molecule has 1 aliphatic carbocycles. The maximum Gasteiger partial charge on any atom is 0.331 e. The summed E-state index contributed by atoms with van der Waals surface area (Å²) in [5.74, 6) is -0.524. The van der Waals surface area contributed by atoms with Gasteiger partial charge in [0.25, 0.3) is 0 Å². The molecule has 10 nitrogen and oxygen atoms in total. The first-order valence-electron chi connectivity index (χ1n) is 16.4. The lowest BCUT2D eigenvalue weighted by Gasteiger charge is -2.30. The van der Waals surface area contributed by atoms with Gasteiger partial charge in [-0.25, -0.2) is 9.78 Å². The number of amides is 2. The molecule has 48 heavy (non-hydrogen) atoms. The minimum atomic E-state index is -1.13. The SMILES string of the molecule is C=CCCC1C[C@]1(NC(=O)[C@@H]1C[C@@H](Oc2cc(-c3ccccc3)nc3cc(OC)ccc23)CN1C(=O)[C@@H](C)[C@@H](C)OCC=C)C(=O)OC. The van der Waals surface area contributed by atoms with Crippen molar-refractivity contribution in [1.29, 1.82) is 0 Å². The molecule has 1 saturated carbocycles. The van der Waals surface area contributed by atoms with Gasteiger partial charge in [0.2, 0.25) is 11.8 Å². The van der Waals surface area contributed by atoms with E-state index >= 15 is 0 Å². The van der Waals surface area contributed by atoms with E-state index in [1.165, 1.54) is 7.11 Å². The molecule has 1 saturated heterocycles. The summed E-state index contributed by atoms with van der Waals surface area (Å²) in [5.41, 5.74) is 1.19. The maximum absolute atomic E-state index is 14.1. The van der Waals surface area contributed by atoms with Crippen molar-refractivity contribution in [2.24, 2.45) is 11.8 Å². The molecular weight excluding hydrogens is 610 g/mol. The van der Waals surface area contributed by atoms with Crippen molar-refractivity contribution in [1.82, 2.24) is 15.2 Å². The van der Waals surface area contributed by atoms with Crippen LogP contribution in [0.3, 0.4) is 0 Å². The largest absolute Gasteiger partial charge is 0.497 e. The molecular formula is C38H45N3O7. The summed E-state index contributed by atoms with van der Waals surface area (Å²) in [4.78, 5) is 47.5. The first kappa shape index (κ1) is 34.6. The van der Waals surface area contributed by atoms with Crippen LogP contribution in [0, 0.1) is 11.8 Å². The van der Waals surface area contributed by atoms with Gasteiger partial charge in [-0.15, -0.1) is 13.2 Å². The van der Waals surface area contributed by atoms with Crippen LogP contribution in [-0.4, -0.2) is 78.8 Å². The number of nitrogens with zero attached hydrogens (tertiary/aromatic N) is 2. The summed E-state index contributed by atoms with van der Waals surface area (Å²) in [5, 5.41) is 3.77. The molecule has 2 aromatic carbocycles. The molecule has 1 N–H and O–H groups in total. The second-order valence-electron chi connectivity index (χ2n) is 12.6. The van der Waals surface area contributed by atoms with Crippen molar-refractivity contribution in [3.63, 3.8) is 0 Å². The van der Waals surface area contributed by atoms with Gasteiger partial charge in [0, 0.05) is 29.5 Å². The Bertz CT molecular complexity index is 1660. The zero-order chi connectivity index (χ0) is 34.4. The molecule has 2 amide bonds. The standard InChI is InChI=1S/C38H45N3O7/c1-7-9-15-27-22-38(27,37(44)46-6)40-35(42)33-20-29(23-41(33)36(43)24(3)25(4)47-18-8-2)48-34-21-31(26-13-11-10-12-14-26)39-32-19-28(45-5)16-17-30(32)34/h7-8,10-14,16-17,19,21,24-25,27,29,33H,1-2,9,15,18,20,22-23H2,3-6H3,(H,40,42)/t24-,25+,27?,29+,33-,38+/m0/s1. The molecule has 5 rings (SSSR count). The number of esters is 1. The van der Waals surface area contributed by atoms with E-state index < -0.39 is 41.6 Å². The number of ether oxygens (including phenoxy) is 4. The first-order valence-corrected chi connectivity index (χ1v) is 16.4. The monoisotopic (exact) mass is 655 g/mol. The molecule has 3 aromatic rings. The summed E-state index contributed by atoms with van der Waals surface area (Å²) in [6.07, 6.45) is 4.57. The number of hydrogen-bond donors (Lipinski definition) is 1. The lowest BCUT2D eigenvalue weighted by atomic mass is 10.0. The molecule has 1 aromatic heterocycles. The number of methoxy groups -OCH3 is 2. The highest BCUT2D eigenvalue weighted by Gasteiger charge is 2.62. The minimum absolute atomic E-state index is 0.0765. The second kappa shape index (κ2) is 15.0. The molecule has 2 fully saturated rings. The molecule has 1 aliphatic heterocycles.